The number of pyridine rings is 2. The largest absolute Gasteiger partial charge is 0.469 e. The molecule has 39 heavy (non-hydrogen) atoms. The molecule has 0 aliphatic carbocycles. The number of hydrogen-bond acceptors (Lipinski definition) is 8. The molecule has 0 spiro atoms. The molecule has 8 nitrogen and oxygen atoms in total. The lowest BCUT2D eigenvalue weighted by Gasteiger charge is -2.18. The third-order valence-corrected chi connectivity index (χ3v) is 6.61. The van der Waals surface area contributed by atoms with E-state index in [9.17, 15) is 10.4 Å². The van der Waals surface area contributed by atoms with Gasteiger partial charge in [-0.3, -0.25) is 9.97 Å². The fraction of sp³-hybridized carbons (Fsp3) is 0.167. The number of benzene rings is 2. The number of nitriles is 1. The van der Waals surface area contributed by atoms with E-state index < -0.39 is 5.60 Å². The minimum absolute atomic E-state index is 0.0624. The van der Waals surface area contributed by atoms with Crippen molar-refractivity contribution in [3.8, 4) is 34.5 Å². The van der Waals surface area contributed by atoms with Gasteiger partial charge >= 0.3 is 0 Å². The zero-order valence-electron chi connectivity index (χ0n) is 21.6. The van der Waals surface area contributed by atoms with E-state index in [1.807, 2.05) is 31.2 Å². The van der Waals surface area contributed by atoms with E-state index in [4.69, 9.17) is 32.0 Å². The molecule has 0 aliphatic rings. The number of hydrogen-bond donors (Lipinski definition) is 2. The fourth-order valence-electron chi connectivity index (χ4n) is 4.27. The van der Waals surface area contributed by atoms with Crippen molar-refractivity contribution in [2.75, 3.05) is 5.73 Å². The van der Waals surface area contributed by atoms with E-state index in [-0.39, 0.29) is 18.3 Å². The van der Waals surface area contributed by atoms with Crippen LogP contribution in [0.15, 0.2) is 66.9 Å². The molecule has 3 aromatic heterocycles. The van der Waals surface area contributed by atoms with E-state index >= 15 is 0 Å². The first-order valence-electron chi connectivity index (χ1n) is 12.2. The van der Waals surface area contributed by atoms with Crippen molar-refractivity contribution in [3.05, 3.63) is 94.4 Å². The van der Waals surface area contributed by atoms with E-state index in [2.05, 4.69) is 16.0 Å². The molecule has 0 fully saturated rings. The van der Waals surface area contributed by atoms with Crippen LogP contribution in [0.4, 0.5) is 5.82 Å². The van der Waals surface area contributed by atoms with Gasteiger partial charge in [-0.2, -0.15) is 5.26 Å². The van der Waals surface area contributed by atoms with Crippen LogP contribution in [0.5, 0.6) is 5.88 Å². The molecule has 194 valence electrons. The van der Waals surface area contributed by atoms with E-state index in [1.54, 1.807) is 56.4 Å². The molecule has 0 radical (unpaired) electrons. The summed E-state index contributed by atoms with van der Waals surface area (Å²) in [5.41, 5.74) is 10.7. The Balaban J connectivity index is 1.64. The SMILES string of the molecule is Cc1c(C#N)cccc1-c1nc(N)c(OCc2cccc(C(C)(C)O)n2)nc1-c1cc(Cl)c2ncccc2c1. The Morgan fingerprint density at radius 3 is 2.59 bits per heavy atom. The summed E-state index contributed by atoms with van der Waals surface area (Å²) in [5.74, 6) is 0.211. The Labute approximate surface area is 230 Å². The lowest BCUT2D eigenvalue weighted by atomic mass is 9.96. The quantitative estimate of drug-likeness (QED) is 0.271. The lowest BCUT2D eigenvalue weighted by molar-refractivity contribution is 0.0734. The molecule has 3 heterocycles. The van der Waals surface area contributed by atoms with Crippen molar-refractivity contribution >= 4 is 28.3 Å². The van der Waals surface area contributed by atoms with Crippen molar-refractivity contribution in [1.82, 2.24) is 19.9 Å². The molecule has 0 bridgehead atoms. The Morgan fingerprint density at radius 2 is 1.82 bits per heavy atom. The Kier molecular flexibility index (Phi) is 6.87. The predicted octanol–water partition coefficient (Wildman–Crippen LogP) is 5.98. The van der Waals surface area contributed by atoms with Crippen LogP contribution in [-0.4, -0.2) is 25.0 Å². The van der Waals surface area contributed by atoms with Crippen LogP contribution < -0.4 is 10.5 Å². The van der Waals surface area contributed by atoms with Crippen LogP contribution in [0.25, 0.3) is 33.4 Å². The topological polar surface area (TPSA) is 131 Å². The van der Waals surface area contributed by atoms with Crippen LogP contribution >= 0.6 is 11.6 Å². The first-order valence-corrected chi connectivity index (χ1v) is 12.6. The van der Waals surface area contributed by atoms with Gasteiger partial charge in [-0.15, -0.1) is 0 Å². The van der Waals surface area contributed by atoms with Gasteiger partial charge in [-0.25, -0.2) is 9.97 Å². The van der Waals surface area contributed by atoms with Gasteiger partial charge in [0.15, 0.2) is 5.82 Å². The summed E-state index contributed by atoms with van der Waals surface area (Å²) in [5, 5.41) is 21.2. The van der Waals surface area contributed by atoms with Crippen LogP contribution in [0.1, 0.15) is 36.4 Å². The van der Waals surface area contributed by atoms with Crippen molar-refractivity contribution in [2.45, 2.75) is 33.0 Å². The highest BCUT2D eigenvalue weighted by Gasteiger charge is 2.21. The molecule has 0 unspecified atom stereocenters. The molecule has 0 amide bonds. The zero-order chi connectivity index (χ0) is 27.7. The normalized spacial score (nSPS) is 11.4. The second kappa shape index (κ2) is 10.3. The maximum absolute atomic E-state index is 10.3. The molecule has 0 saturated carbocycles. The third kappa shape index (κ3) is 5.23. The third-order valence-electron chi connectivity index (χ3n) is 6.32. The van der Waals surface area contributed by atoms with Gasteiger partial charge in [0, 0.05) is 22.7 Å². The lowest BCUT2D eigenvalue weighted by Crippen LogP contribution is -2.18. The summed E-state index contributed by atoms with van der Waals surface area (Å²) in [7, 11) is 0. The van der Waals surface area contributed by atoms with Crippen LogP contribution in [0.2, 0.25) is 5.02 Å². The smallest absolute Gasteiger partial charge is 0.258 e. The highest BCUT2D eigenvalue weighted by atomic mass is 35.5. The molecular formula is C30H25ClN6O2. The maximum Gasteiger partial charge on any atom is 0.258 e. The highest BCUT2D eigenvalue weighted by Crippen LogP contribution is 2.38. The van der Waals surface area contributed by atoms with Crippen molar-refractivity contribution in [2.24, 2.45) is 0 Å². The number of halogens is 1. The number of nitrogens with zero attached hydrogens (tertiary/aromatic N) is 5. The summed E-state index contributed by atoms with van der Waals surface area (Å²) in [6.45, 7) is 5.26. The minimum atomic E-state index is -1.09. The average molecular weight is 537 g/mol. The molecule has 0 aliphatic heterocycles. The molecule has 5 rings (SSSR count). The predicted molar refractivity (Wildman–Crippen MR) is 151 cm³/mol. The van der Waals surface area contributed by atoms with Crippen molar-refractivity contribution in [1.29, 1.82) is 5.26 Å². The average Bonchev–Trinajstić information content (AvgIpc) is 2.92. The second-order valence-electron chi connectivity index (χ2n) is 9.60. The van der Waals surface area contributed by atoms with E-state index in [0.29, 0.717) is 44.4 Å². The molecule has 3 N–H and O–H groups in total. The van der Waals surface area contributed by atoms with E-state index in [0.717, 1.165) is 16.5 Å². The zero-order valence-corrected chi connectivity index (χ0v) is 22.4. The van der Waals surface area contributed by atoms with Gasteiger partial charge in [0.2, 0.25) is 0 Å². The summed E-state index contributed by atoms with van der Waals surface area (Å²) in [6.07, 6.45) is 1.69. The van der Waals surface area contributed by atoms with Crippen molar-refractivity contribution < 1.29 is 9.84 Å². The number of aromatic nitrogens is 4. The standard InChI is InChI=1S/C30H25ClN6O2/c1-17-19(15-32)7-4-10-22(17)27-26(20-13-18-8-6-12-34-25(18)23(31)14-20)37-29(28(33)36-27)39-16-21-9-5-11-24(35-21)30(2,3)38/h4-14,38H,16H2,1-3H3,(H2,33,36). The number of rotatable bonds is 6. The minimum Gasteiger partial charge on any atom is -0.469 e. The summed E-state index contributed by atoms with van der Waals surface area (Å²) >= 11 is 6.61. The maximum atomic E-state index is 10.3. The van der Waals surface area contributed by atoms with Gasteiger partial charge in [-0.1, -0.05) is 35.9 Å². The van der Waals surface area contributed by atoms with Gasteiger partial charge in [-0.05, 0) is 62.7 Å². The Bertz CT molecular complexity index is 1760. The summed E-state index contributed by atoms with van der Waals surface area (Å²) in [6, 6.07) is 20.5. The number of aliphatic hydroxyl groups is 1. The van der Waals surface area contributed by atoms with Gasteiger partial charge in [0.1, 0.15) is 17.9 Å². The Morgan fingerprint density at radius 1 is 1.03 bits per heavy atom. The summed E-state index contributed by atoms with van der Waals surface area (Å²) < 4.78 is 6.00. The van der Waals surface area contributed by atoms with E-state index in [1.165, 1.54) is 0 Å². The molecule has 0 atom stereocenters. The van der Waals surface area contributed by atoms with Gasteiger partial charge in [0.25, 0.3) is 5.88 Å². The van der Waals surface area contributed by atoms with Gasteiger partial charge < -0.3 is 15.6 Å². The monoisotopic (exact) mass is 536 g/mol. The first-order chi connectivity index (χ1) is 18.7. The number of nitrogen functional groups attached to an aromatic ring is 1. The molecular weight excluding hydrogens is 512 g/mol. The molecule has 5 aromatic rings. The number of nitrogens with two attached hydrogens (primary N) is 1. The number of anilines is 1. The fourth-order valence-corrected chi connectivity index (χ4v) is 4.54. The number of ether oxygens (including phenoxy) is 1. The molecule has 2 aromatic carbocycles. The van der Waals surface area contributed by atoms with Crippen LogP contribution in [0.3, 0.4) is 0 Å². The van der Waals surface area contributed by atoms with Crippen LogP contribution in [0, 0.1) is 18.3 Å². The summed E-state index contributed by atoms with van der Waals surface area (Å²) in [4.78, 5) is 18.4. The highest BCUT2D eigenvalue weighted by molar-refractivity contribution is 6.35. The van der Waals surface area contributed by atoms with Gasteiger partial charge in [0.05, 0.1) is 39.3 Å². The Hall–Kier alpha value is -4.58. The van der Waals surface area contributed by atoms with Crippen LogP contribution in [-0.2, 0) is 12.2 Å². The first kappa shape index (κ1) is 26.0. The van der Waals surface area contributed by atoms with Crippen molar-refractivity contribution in [3.63, 3.8) is 0 Å². The number of fused-ring (bicyclic) bond motifs is 1. The molecule has 0 saturated heterocycles. The molecule has 9 heteroatoms. The second-order valence-corrected chi connectivity index (χ2v) is 10.0.